The van der Waals surface area contributed by atoms with Gasteiger partial charge in [0.1, 0.15) is 11.5 Å². The summed E-state index contributed by atoms with van der Waals surface area (Å²) in [4.78, 5) is 11.6. The Morgan fingerprint density at radius 2 is 1.91 bits per heavy atom. The number of pyridine rings is 1. The Morgan fingerprint density at radius 3 is 2.66 bits per heavy atom. The maximum absolute atomic E-state index is 6.59. The lowest BCUT2D eigenvalue weighted by Gasteiger charge is -2.46. The maximum Gasteiger partial charge on any atom is 0.186 e. The van der Waals surface area contributed by atoms with Gasteiger partial charge in [-0.25, -0.2) is 4.98 Å². The molecular formula is C28H27ClN4OS. The first kappa shape index (κ1) is 21.6. The van der Waals surface area contributed by atoms with Crippen molar-refractivity contribution in [3.8, 4) is 11.3 Å². The van der Waals surface area contributed by atoms with E-state index < -0.39 is 0 Å². The van der Waals surface area contributed by atoms with Gasteiger partial charge in [0, 0.05) is 42.5 Å². The maximum atomic E-state index is 6.59. The first-order valence-electron chi connectivity index (χ1n) is 12.4. The number of thiazole rings is 1. The Labute approximate surface area is 213 Å². The average Bonchev–Trinajstić information content (AvgIpc) is 3.44. The van der Waals surface area contributed by atoms with Gasteiger partial charge in [-0.3, -0.25) is 4.98 Å². The highest BCUT2D eigenvalue weighted by atomic mass is 35.5. The van der Waals surface area contributed by atoms with Crippen molar-refractivity contribution in [1.82, 2.24) is 15.1 Å². The van der Waals surface area contributed by atoms with Gasteiger partial charge in [-0.15, -0.1) is 0 Å². The molecule has 1 spiro atoms. The normalized spacial score (nSPS) is 19.3. The summed E-state index contributed by atoms with van der Waals surface area (Å²) in [5.41, 5.74) is 8.11. The average molecular weight is 503 g/mol. The van der Waals surface area contributed by atoms with E-state index >= 15 is 0 Å². The van der Waals surface area contributed by atoms with Crippen LogP contribution in [0.2, 0.25) is 5.02 Å². The smallest absolute Gasteiger partial charge is 0.186 e. The SMILES string of the molecule is Cc1ccc2nc(N3CCC4(C=C(c5c(-c6c(C)cncc6Cl)noc5C5CC5)C4)CC3)sc2c1. The lowest BCUT2D eigenvalue weighted by atomic mass is 9.63. The number of rotatable bonds is 4. The molecule has 0 N–H and O–H groups in total. The summed E-state index contributed by atoms with van der Waals surface area (Å²) in [5.74, 6) is 1.55. The molecule has 0 amide bonds. The molecule has 178 valence electrons. The monoisotopic (exact) mass is 502 g/mol. The fourth-order valence-corrected chi connectivity index (χ4v) is 7.15. The quantitative estimate of drug-likeness (QED) is 0.288. The predicted molar refractivity (Wildman–Crippen MR) is 142 cm³/mol. The number of aromatic nitrogens is 3. The molecule has 35 heavy (non-hydrogen) atoms. The standard InChI is InChI=1S/C28H27ClN4OS/c1-16-3-6-21-22(11-16)35-27(31-21)33-9-7-28(8-10-33)12-19(13-28)24-25(32-34-26(24)18-4-5-18)23-17(2)14-30-15-20(23)29/h3,6,11-12,14-15,18H,4-5,7-10,13H2,1-2H3. The van der Waals surface area contributed by atoms with E-state index in [1.165, 1.54) is 34.2 Å². The summed E-state index contributed by atoms with van der Waals surface area (Å²) in [5, 5.41) is 6.33. The van der Waals surface area contributed by atoms with Crippen LogP contribution < -0.4 is 4.90 Å². The molecule has 1 aliphatic heterocycles. The number of aryl methyl sites for hydroxylation is 2. The van der Waals surface area contributed by atoms with Crippen molar-refractivity contribution >= 4 is 43.9 Å². The predicted octanol–water partition coefficient (Wildman–Crippen LogP) is 7.57. The number of fused-ring (bicyclic) bond motifs is 1. The van der Waals surface area contributed by atoms with Gasteiger partial charge < -0.3 is 9.42 Å². The van der Waals surface area contributed by atoms with Crippen LogP contribution in [0, 0.1) is 19.3 Å². The second-order valence-electron chi connectivity index (χ2n) is 10.5. The van der Waals surface area contributed by atoms with Crippen LogP contribution in [-0.2, 0) is 0 Å². The molecule has 1 saturated carbocycles. The molecule has 3 aromatic heterocycles. The second kappa shape index (κ2) is 7.90. The van der Waals surface area contributed by atoms with Gasteiger partial charge in [-0.05, 0) is 80.2 Å². The summed E-state index contributed by atoms with van der Waals surface area (Å²) >= 11 is 8.40. The third-order valence-corrected chi connectivity index (χ3v) is 9.26. The molecule has 7 heteroatoms. The molecule has 3 aliphatic rings. The fraction of sp³-hybridized carbons (Fsp3) is 0.393. The molecule has 0 radical (unpaired) electrons. The van der Waals surface area contributed by atoms with Gasteiger partial charge in [0.05, 0.1) is 15.2 Å². The molecule has 0 unspecified atom stereocenters. The van der Waals surface area contributed by atoms with E-state index in [0.717, 1.165) is 65.6 Å². The van der Waals surface area contributed by atoms with Crippen molar-refractivity contribution in [3.63, 3.8) is 0 Å². The fourth-order valence-electron chi connectivity index (χ4n) is 5.74. The number of piperidine rings is 1. The van der Waals surface area contributed by atoms with E-state index in [0.29, 0.717) is 10.9 Å². The van der Waals surface area contributed by atoms with Crippen molar-refractivity contribution < 1.29 is 4.52 Å². The van der Waals surface area contributed by atoms with Gasteiger partial charge >= 0.3 is 0 Å². The number of nitrogens with zero attached hydrogens (tertiary/aromatic N) is 4. The molecular weight excluding hydrogens is 476 g/mol. The Morgan fingerprint density at radius 1 is 1.11 bits per heavy atom. The van der Waals surface area contributed by atoms with Crippen LogP contribution in [0.15, 0.2) is 41.2 Å². The van der Waals surface area contributed by atoms with E-state index in [4.69, 9.17) is 21.1 Å². The number of halogens is 1. The molecule has 1 aromatic carbocycles. The zero-order valence-corrected chi connectivity index (χ0v) is 21.5. The molecule has 0 bridgehead atoms. The molecule has 4 aromatic rings. The highest BCUT2D eigenvalue weighted by Gasteiger charge is 2.44. The number of anilines is 1. The summed E-state index contributed by atoms with van der Waals surface area (Å²) < 4.78 is 7.23. The number of hydrogen-bond acceptors (Lipinski definition) is 6. The first-order chi connectivity index (χ1) is 17.0. The van der Waals surface area contributed by atoms with Crippen LogP contribution in [-0.4, -0.2) is 28.2 Å². The zero-order chi connectivity index (χ0) is 23.7. The van der Waals surface area contributed by atoms with Crippen molar-refractivity contribution in [3.05, 3.63) is 64.1 Å². The Hall–Kier alpha value is -2.70. The summed E-state index contributed by atoms with van der Waals surface area (Å²) in [6.45, 7) is 6.27. The Kier molecular flexibility index (Phi) is 4.87. The van der Waals surface area contributed by atoms with Crippen molar-refractivity contribution in [2.24, 2.45) is 5.41 Å². The number of hydrogen-bond donors (Lipinski definition) is 0. The summed E-state index contributed by atoms with van der Waals surface area (Å²) in [6, 6.07) is 6.53. The van der Waals surface area contributed by atoms with Crippen LogP contribution in [0.3, 0.4) is 0 Å². The van der Waals surface area contributed by atoms with Crippen LogP contribution >= 0.6 is 22.9 Å². The number of benzene rings is 1. The molecule has 4 heterocycles. The minimum Gasteiger partial charge on any atom is -0.360 e. The highest BCUT2D eigenvalue weighted by Crippen LogP contribution is 2.56. The van der Waals surface area contributed by atoms with Gasteiger partial charge in [-0.1, -0.05) is 40.2 Å². The van der Waals surface area contributed by atoms with Crippen molar-refractivity contribution in [2.45, 2.75) is 51.9 Å². The third kappa shape index (κ3) is 3.61. The third-order valence-electron chi connectivity index (χ3n) is 7.90. The Bertz CT molecular complexity index is 1470. The molecule has 0 atom stereocenters. The lowest BCUT2D eigenvalue weighted by molar-refractivity contribution is 0.277. The van der Waals surface area contributed by atoms with Gasteiger partial charge in [0.15, 0.2) is 5.13 Å². The molecule has 7 rings (SSSR count). The zero-order valence-electron chi connectivity index (χ0n) is 20.0. The van der Waals surface area contributed by atoms with Crippen LogP contribution in [0.25, 0.3) is 27.0 Å². The molecule has 1 saturated heterocycles. The highest BCUT2D eigenvalue weighted by molar-refractivity contribution is 7.22. The van der Waals surface area contributed by atoms with E-state index in [1.807, 2.05) is 24.5 Å². The number of allylic oxidation sites excluding steroid dienone is 2. The van der Waals surface area contributed by atoms with Crippen molar-refractivity contribution in [1.29, 1.82) is 0 Å². The molecule has 5 nitrogen and oxygen atoms in total. The molecule has 2 aliphatic carbocycles. The first-order valence-corrected chi connectivity index (χ1v) is 13.6. The second-order valence-corrected chi connectivity index (χ2v) is 11.9. The van der Waals surface area contributed by atoms with E-state index in [-0.39, 0.29) is 5.41 Å². The summed E-state index contributed by atoms with van der Waals surface area (Å²) in [6.07, 6.45) is 11.8. The van der Waals surface area contributed by atoms with Crippen molar-refractivity contribution in [2.75, 3.05) is 18.0 Å². The van der Waals surface area contributed by atoms with Crippen LogP contribution in [0.5, 0.6) is 0 Å². The van der Waals surface area contributed by atoms with E-state index in [1.54, 1.807) is 6.20 Å². The largest absolute Gasteiger partial charge is 0.360 e. The minimum absolute atomic E-state index is 0.269. The van der Waals surface area contributed by atoms with Gasteiger partial charge in [0.2, 0.25) is 0 Å². The lowest BCUT2D eigenvalue weighted by Crippen LogP contribution is -2.42. The van der Waals surface area contributed by atoms with Gasteiger partial charge in [-0.2, -0.15) is 0 Å². The van der Waals surface area contributed by atoms with Crippen LogP contribution in [0.1, 0.15) is 60.5 Å². The minimum atomic E-state index is 0.269. The summed E-state index contributed by atoms with van der Waals surface area (Å²) in [7, 11) is 0. The Balaban J connectivity index is 1.16. The van der Waals surface area contributed by atoms with Crippen LogP contribution in [0.4, 0.5) is 5.13 Å². The van der Waals surface area contributed by atoms with E-state index in [2.05, 4.69) is 46.2 Å². The van der Waals surface area contributed by atoms with Gasteiger partial charge in [0.25, 0.3) is 0 Å². The topological polar surface area (TPSA) is 55.1 Å². The molecule has 2 fully saturated rings. The van der Waals surface area contributed by atoms with E-state index in [9.17, 15) is 0 Å².